The molecule has 1 atom stereocenters. The molecule has 2 N–H and O–H groups in total. The van der Waals surface area contributed by atoms with Crippen molar-refractivity contribution in [2.45, 2.75) is 19.4 Å². The molecule has 116 valence electrons. The first-order valence-corrected chi connectivity index (χ1v) is 8.63. The van der Waals surface area contributed by atoms with Crippen LogP contribution in [0.5, 0.6) is 5.75 Å². The highest BCUT2D eigenvalue weighted by molar-refractivity contribution is 7.91. The number of hydrogen-bond acceptors (Lipinski definition) is 4. The Bertz CT molecular complexity index is 660. The zero-order valence-electron chi connectivity index (χ0n) is 11.8. The molecule has 1 saturated heterocycles. The average molecular weight is 333 g/mol. The Labute approximate surface area is 128 Å². The molecular formula is C13H17ClN2O4S. The van der Waals surface area contributed by atoms with Gasteiger partial charge in [-0.2, -0.15) is 0 Å². The van der Waals surface area contributed by atoms with E-state index < -0.39 is 15.9 Å². The van der Waals surface area contributed by atoms with Gasteiger partial charge < -0.3 is 15.4 Å². The van der Waals surface area contributed by atoms with Crippen molar-refractivity contribution in [2.75, 3.05) is 23.9 Å². The van der Waals surface area contributed by atoms with Gasteiger partial charge in [0.2, 0.25) is 0 Å². The molecule has 0 aromatic heterocycles. The van der Waals surface area contributed by atoms with Crippen LogP contribution in [0.25, 0.3) is 0 Å². The van der Waals surface area contributed by atoms with Gasteiger partial charge in [0, 0.05) is 17.1 Å². The Morgan fingerprint density at radius 3 is 2.71 bits per heavy atom. The first-order chi connectivity index (χ1) is 9.80. The fourth-order valence-electron chi connectivity index (χ4n) is 2.18. The molecule has 1 aliphatic heterocycles. The smallest absolute Gasteiger partial charge is 0.319 e. The number of methoxy groups -OCH3 is 1. The summed E-state index contributed by atoms with van der Waals surface area (Å²) in [6.45, 7) is 1.81. The Kier molecular flexibility index (Phi) is 4.63. The fraction of sp³-hybridized carbons (Fsp3) is 0.462. The van der Waals surface area contributed by atoms with Gasteiger partial charge in [0.25, 0.3) is 0 Å². The number of urea groups is 1. The van der Waals surface area contributed by atoms with Crippen LogP contribution >= 0.6 is 11.6 Å². The number of aryl methyl sites for hydroxylation is 1. The minimum Gasteiger partial charge on any atom is -0.495 e. The third-order valence-corrected chi connectivity index (χ3v) is 5.47. The van der Waals surface area contributed by atoms with Crippen LogP contribution in [-0.2, 0) is 9.84 Å². The number of rotatable bonds is 3. The normalized spacial score (nSPS) is 20.0. The van der Waals surface area contributed by atoms with E-state index in [4.69, 9.17) is 16.3 Å². The molecule has 0 saturated carbocycles. The lowest BCUT2D eigenvalue weighted by atomic mass is 10.2. The van der Waals surface area contributed by atoms with Crippen LogP contribution in [0, 0.1) is 6.92 Å². The number of sulfone groups is 1. The van der Waals surface area contributed by atoms with E-state index in [2.05, 4.69) is 10.6 Å². The van der Waals surface area contributed by atoms with Crippen LogP contribution in [0.2, 0.25) is 5.02 Å². The Morgan fingerprint density at radius 1 is 1.43 bits per heavy atom. The number of amides is 2. The highest BCUT2D eigenvalue weighted by Gasteiger charge is 2.29. The van der Waals surface area contributed by atoms with Crippen LogP contribution in [0.4, 0.5) is 10.5 Å². The second-order valence-corrected chi connectivity index (χ2v) is 7.64. The Hall–Kier alpha value is -1.47. The highest BCUT2D eigenvalue weighted by atomic mass is 35.5. The number of benzene rings is 1. The molecule has 1 aromatic carbocycles. The number of hydrogen-bond donors (Lipinski definition) is 2. The van der Waals surface area contributed by atoms with Crippen LogP contribution < -0.4 is 15.4 Å². The molecule has 0 spiro atoms. The van der Waals surface area contributed by atoms with Crippen molar-refractivity contribution in [3.63, 3.8) is 0 Å². The molecule has 1 aromatic rings. The van der Waals surface area contributed by atoms with Gasteiger partial charge in [0.1, 0.15) is 5.75 Å². The molecule has 0 radical (unpaired) electrons. The Balaban J connectivity index is 2.05. The monoisotopic (exact) mass is 332 g/mol. The van der Waals surface area contributed by atoms with Gasteiger partial charge in [-0.25, -0.2) is 13.2 Å². The molecule has 1 fully saturated rings. The topological polar surface area (TPSA) is 84.5 Å². The van der Waals surface area contributed by atoms with Crippen molar-refractivity contribution in [3.05, 3.63) is 22.7 Å². The third kappa shape index (κ3) is 4.01. The van der Waals surface area contributed by atoms with E-state index in [-0.39, 0.29) is 17.5 Å². The maximum Gasteiger partial charge on any atom is 0.319 e. The van der Waals surface area contributed by atoms with E-state index in [1.54, 1.807) is 12.1 Å². The molecule has 1 unspecified atom stereocenters. The quantitative estimate of drug-likeness (QED) is 0.886. The van der Waals surface area contributed by atoms with Crippen LogP contribution in [0.1, 0.15) is 12.0 Å². The van der Waals surface area contributed by atoms with Crippen molar-refractivity contribution in [2.24, 2.45) is 0 Å². The molecule has 8 heteroatoms. The predicted molar refractivity (Wildman–Crippen MR) is 82.0 cm³/mol. The second-order valence-electron chi connectivity index (χ2n) is 5.00. The van der Waals surface area contributed by atoms with Crippen LogP contribution in [0.3, 0.4) is 0 Å². The fourth-order valence-corrected chi connectivity index (χ4v) is 4.01. The molecule has 1 aliphatic rings. The first-order valence-electron chi connectivity index (χ1n) is 6.43. The van der Waals surface area contributed by atoms with E-state index in [1.807, 2.05) is 6.92 Å². The molecule has 0 aliphatic carbocycles. The summed E-state index contributed by atoms with van der Waals surface area (Å²) in [5, 5.41) is 5.85. The van der Waals surface area contributed by atoms with Gasteiger partial charge >= 0.3 is 6.03 Å². The SMILES string of the molecule is COc1cc(Cl)c(C)cc1NC(=O)NC1CCS(=O)(=O)C1. The zero-order chi connectivity index (χ0) is 15.6. The average Bonchev–Trinajstić information content (AvgIpc) is 2.72. The van der Waals surface area contributed by atoms with Gasteiger partial charge in [-0.1, -0.05) is 11.6 Å². The van der Waals surface area contributed by atoms with Crippen molar-refractivity contribution >= 4 is 33.2 Å². The predicted octanol–water partition coefficient (Wildman–Crippen LogP) is 1.97. The highest BCUT2D eigenvalue weighted by Crippen LogP contribution is 2.30. The molecule has 21 heavy (non-hydrogen) atoms. The summed E-state index contributed by atoms with van der Waals surface area (Å²) < 4.78 is 27.9. The maximum absolute atomic E-state index is 11.9. The standard InChI is InChI=1S/C13H17ClN2O4S/c1-8-5-11(12(20-2)6-10(8)14)16-13(17)15-9-3-4-21(18,19)7-9/h5-6,9H,3-4,7H2,1-2H3,(H2,15,16,17). The van der Waals surface area contributed by atoms with Gasteiger partial charge in [-0.05, 0) is 25.0 Å². The van der Waals surface area contributed by atoms with Crippen molar-refractivity contribution in [1.82, 2.24) is 5.32 Å². The van der Waals surface area contributed by atoms with Crippen molar-refractivity contribution < 1.29 is 17.9 Å². The summed E-state index contributed by atoms with van der Waals surface area (Å²) in [4.78, 5) is 11.9. The molecule has 2 amide bonds. The van der Waals surface area contributed by atoms with E-state index in [0.29, 0.717) is 22.9 Å². The number of halogens is 1. The van der Waals surface area contributed by atoms with E-state index >= 15 is 0 Å². The van der Waals surface area contributed by atoms with E-state index in [9.17, 15) is 13.2 Å². The second kappa shape index (κ2) is 6.11. The lowest BCUT2D eigenvalue weighted by Gasteiger charge is -2.15. The number of nitrogens with one attached hydrogen (secondary N) is 2. The van der Waals surface area contributed by atoms with Crippen LogP contribution in [0.15, 0.2) is 12.1 Å². The summed E-state index contributed by atoms with van der Waals surface area (Å²) >= 11 is 5.99. The largest absolute Gasteiger partial charge is 0.495 e. The van der Waals surface area contributed by atoms with Gasteiger partial charge in [0.05, 0.1) is 24.3 Å². The van der Waals surface area contributed by atoms with Crippen LogP contribution in [-0.4, -0.2) is 39.1 Å². The Morgan fingerprint density at radius 2 is 2.14 bits per heavy atom. The molecule has 1 heterocycles. The third-order valence-electron chi connectivity index (χ3n) is 3.30. The minimum absolute atomic E-state index is 0.0167. The molecule has 2 rings (SSSR count). The van der Waals surface area contributed by atoms with E-state index in [1.165, 1.54) is 7.11 Å². The molecule has 0 bridgehead atoms. The number of carbonyl (C=O) groups is 1. The number of carbonyl (C=O) groups excluding carboxylic acids is 1. The van der Waals surface area contributed by atoms with Gasteiger partial charge in [-0.3, -0.25) is 0 Å². The first kappa shape index (κ1) is 15.9. The van der Waals surface area contributed by atoms with Crippen molar-refractivity contribution in [1.29, 1.82) is 0 Å². The summed E-state index contributed by atoms with van der Waals surface area (Å²) in [6, 6.07) is 2.50. The zero-order valence-corrected chi connectivity index (χ0v) is 13.3. The number of ether oxygens (including phenoxy) is 1. The summed E-state index contributed by atoms with van der Waals surface area (Å²) in [7, 11) is -1.54. The summed E-state index contributed by atoms with van der Waals surface area (Å²) in [6.07, 6.45) is 0.437. The van der Waals surface area contributed by atoms with Gasteiger partial charge in [0.15, 0.2) is 9.84 Å². The van der Waals surface area contributed by atoms with Crippen molar-refractivity contribution in [3.8, 4) is 5.75 Å². The molecular weight excluding hydrogens is 316 g/mol. The summed E-state index contributed by atoms with van der Waals surface area (Å²) in [5.41, 5.74) is 1.29. The number of anilines is 1. The minimum atomic E-state index is -3.02. The molecule has 6 nitrogen and oxygen atoms in total. The lowest BCUT2D eigenvalue weighted by molar-refractivity contribution is 0.249. The van der Waals surface area contributed by atoms with E-state index in [0.717, 1.165) is 5.56 Å². The summed E-state index contributed by atoms with van der Waals surface area (Å²) in [5.74, 6) is 0.540. The maximum atomic E-state index is 11.9. The van der Waals surface area contributed by atoms with Gasteiger partial charge in [-0.15, -0.1) is 0 Å². The lowest BCUT2D eigenvalue weighted by Crippen LogP contribution is -2.38.